The highest BCUT2D eigenvalue weighted by molar-refractivity contribution is 5.84. The minimum absolute atomic E-state index is 0.00604. The van der Waals surface area contributed by atoms with Gasteiger partial charge in [-0.25, -0.2) is 9.59 Å². The molecule has 1 aliphatic rings. The van der Waals surface area contributed by atoms with E-state index < -0.39 is 5.97 Å². The van der Waals surface area contributed by atoms with Gasteiger partial charge in [-0.2, -0.15) is 9.36 Å². The molecule has 1 aromatic heterocycles. The summed E-state index contributed by atoms with van der Waals surface area (Å²) in [4.78, 5) is 22.8. The van der Waals surface area contributed by atoms with Crippen molar-refractivity contribution in [3.05, 3.63) is 16.6 Å². The highest BCUT2D eigenvalue weighted by atomic mass is 16.5. The van der Waals surface area contributed by atoms with E-state index in [-0.39, 0.29) is 11.7 Å². The number of carbonyl (C=O) groups excluding carboxylic acids is 1. The van der Waals surface area contributed by atoms with Crippen molar-refractivity contribution in [1.29, 1.82) is 0 Å². The predicted molar refractivity (Wildman–Crippen MR) is 60.7 cm³/mol. The maximum atomic E-state index is 11.9. The fraction of sp³-hybridized carbons (Fsp3) is 0.600. The summed E-state index contributed by atoms with van der Waals surface area (Å²) in [5.41, 5.74) is -0.373. The first-order chi connectivity index (χ1) is 8.72. The summed E-state index contributed by atoms with van der Waals surface area (Å²) in [6, 6.07) is 0.00604. The van der Waals surface area contributed by atoms with Gasteiger partial charge in [-0.3, -0.25) is 0 Å². The third-order valence-corrected chi connectivity index (χ3v) is 2.71. The van der Waals surface area contributed by atoms with E-state index in [1.165, 1.54) is 18.0 Å². The van der Waals surface area contributed by atoms with Gasteiger partial charge in [0.05, 0.1) is 13.2 Å². The molecule has 1 aromatic rings. The first-order valence-electron chi connectivity index (χ1n) is 5.60. The number of nitrogens with zero attached hydrogens (tertiary/aromatic N) is 4. The van der Waals surface area contributed by atoms with Crippen LogP contribution in [0.15, 0.2) is 10.9 Å². The van der Waals surface area contributed by atoms with E-state index in [2.05, 4.69) is 15.2 Å². The number of methoxy groups -OCH3 is 1. The van der Waals surface area contributed by atoms with Crippen molar-refractivity contribution < 1.29 is 14.3 Å². The summed E-state index contributed by atoms with van der Waals surface area (Å²) in [6.07, 6.45) is 3.82. The Hall–Kier alpha value is -1.96. The van der Waals surface area contributed by atoms with Crippen LogP contribution >= 0.6 is 0 Å². The molecule has 0 saturated carbocycles. The number of carbonyl (C=O) groups is 1. The average molecular weight is 254 g/mol. The lowest BCUT2D eigenvalue weighted by atomic mass is 10.1. The standard InChI is InChI=1S/C10H14N4O4/c1-17-9(15)2-5-13-10(16)14(12-11-13)8-3-6-18-7-4-8/h2,5,8H,3-4,6-7H2,1H3/b5-2+. The second kappa shape index (κ2) is 5.58. The van der Waals surface area contributed by atoms with E-state index in [1.807, 2.05) is 0 Å². The SMILES string of the molecule is COC(=O)/C=C/n1nnn(C2CCOCC2)c1=O. The second-order valence-electron chi connectivity index (χ2n) is 3.83. The second-order valence-corrected chi connectivity index (χ2v) is 3.83. The van der Waals surface area contributed by atoms with Gasteiger partial charge >= 0.3 is 11.7 Å². The van der Waals surface area contributed by atoms with Crippen LogP contribution in [0.2, 0.25) is 0 Å². The molecule has 98 valence electrons. The molecule has 0 unspecified atom stereocenters. The van der Waals surface area contributed by atoms with Crippen LogP contribution in [0.4, 0.5) is 0 Å². The quantitative estimate of drug-likeness (QED) is 0.530. The fourth-order valence-electron chi connectivity index (χ4n) is 1.72. The summed E-state index contributed by atoms with van der Waals surface area (Å²) < 4.78 is 12.0. The lowest BCUT2D eigenvalue weighted by Gasteiger charge is -2.20. The first kappa shape index (κ1) is 12.5. The molecule has 2 heterocycles. The Morgan fingerprint density at radius 1 is 1.44 bits per heavy atom. The number of ether oxygens (including phenoxy) is 2. The van der Waals surface area contributed by atoms with Gasteiger partial charge in [0.25, 0.3) is 0 Å². The predicted octanol–water partition coefficient (Wildman–Crippen LogP) is -0.565. The molecule has 2 rings (SSSR count). The molecule has 1 aliphatic heterocycles. The van der Waals surface area contributed by atoms with Gasteiger partial charge in [-0.05, 0) is 23.3 Å². The molecule has 0 radical (unpaired) electrons. The maximum absolute atomic E-state index is 11.9. The highest BCUT2D eigenvalue weighted by Gasteiger charge is 2.20. The largest absolute Gasteiger partial charge is 0.466 e. The van der Waals surface area contributed by atoms with Gasteiger partial charge < -0.3 is 9.47 Å². The maximum Gasteiger partial charge on any atom is 0.368 e. The van der Waals surface area contributed by atoms with Gasteiger partial charge in [-0.1, -0.05) is 0 Å². The van der Waals surface area contributed by atoms with Crippen molar-refractivity contribution in [1.82, 2.24) is 19.8 Å². The molecule has 1 saturated heterocycles. The van der Waals surface area contributed by atoms with Crippen molar-refractivity contribution in [2.24, 2.45) is 0 Å². The third-order valence-electron chi connectivity index (χ3n) is 2.71. The van der Waals surface area contributed by atoms with Crippen molar-refractivity contribution in [2.45, 2.75) is 18.9 Å². The van der Waals surface area contributed by atoms with E-state index in [0.29, 0.717) is 13.2 Å². The van der Waals surface area contributed by atoms with Crippen molar-refractivity contribution >= 4 is 12.2 Å². The van der Waals surface area contributed by atoms with Gasteiger partial charge in [0.1, 0.15) is 0 Å². The Balaban J connectivity index is 2.15. The highest BCUT2D eigenvalue weighted by Crippen LogP contribution is 2.17. The normalized spacial score (nSPS) is 17.2. The molecule has 0 aliphatic carbocycles. The monoisotopic (exact) mass is 254 g/mol. The molecular formula is C10H14N4O4. The third kappa shape index (κ3) is 2.65. The van der Waals surface area contributed by atoms with Gasteiger partial charge in [0.15, 0.2) is 0 Å². The van der Waals surface area contributed by atoms with Crippen LogP contribution in [-0.4, -0.2) is 46.1 Å². The van der Waals surface area contributed by atoms with Crippen LogP contribution in [-0.2, 0) is 14.3 Å². The Bertz CT molecular complexity index is 498. The van der Waals surface area contributed by atoms with E-state index in [0.717, 1.165) is 23.6 Å². The molecule has 0 atom stereocenters. The summed E-state index contributed by atoms with van der Waals surface area (Å²) in [5.74, 6) is -0.553. The molecule has 8 heteroatoms. The molecule has 0 N–H and O–H groups in total. The van der Waals surface area contributed by atoms with Crippen LogP contribution in [0.25, 0.3) is 6.20 Å². The summed E-state index contributed by atoms with van der Waals surface area (Å²) >= 11 is 0. The molecule has 1 fully saturated rings. The van der Waals surface area contributed by atoms with Gasteiger partial charge in [0, 0.05) is 25.5 Å². The number of rotatable bonds is 3. The van der Waals surface area contributed by atoms with Crippen LogP contribution in [0, 0.1) is 0 Å². The van der Waals surface area contributed by atoms with Crippen molar-refractivity contribution in [3.63, 3.8) is 0 Å². The lowest BCUT2D eigenvalue weighted by Crippen LogP contribution is -2.30. The summed E-state index contributed by atoms with van der Waals surface area (Å²) in [5, 5.41) is 7.48. The number of tetrazole rings is 1. The average Bonchev–Trinajstić information content (AvgIpc) is 2.78. The van der Waals surface area contributed by atoms with Crippen LogP contribution < -0.4 is 5.69 Å². The fourth-order valence-corrected chi connectivity index (χ4v) is 1.72. The number of esters is 1. The molecule has 0 bridgehead atoms. The molecule has 0 aromatic carbocycles. The van der Waals surface area contributed by atoms with E-state index in [4.69, 9.17) is 4.74 Å². The van der Waals surface area contributed by atoms with Crippen molar-refractivity contribution in [2.75, 3.05) is 20.3 Å². The smallest absolute Gasteiger partial charge is 0.368 e. The zero-order valence-electron chi connectivity index (χ0n) is 9.98. The lowest BCUT2D eigenvalue weighted by molar-refractivity contribution is -0.134. The molecule has 0 amide bonds. The van der Waals surface area contributed by atoms with E-state index in [1.54, 1.807) is 0 Å². The molecular weight excluding hydrogens is 240 g/mol. The molecule has 18 heavy (non-hydrogen) atoms. The Labute approximate surface area is 103 Å². The van der Waals surface area contributed by atoms with Crippen LogP contribution in [0.5, 0.6) is 0 Å². The molecule has 8 nitrogen and oxygen atoms in total. The molecule has 0 spiro atoms. The first-order valence-corrected chi connectivity index (χ1v) is 5.60. The van der Waals surface area contributed by atoms with Gasteiger partial charge in [-0.15, -0.1) is 0 Å². The summed E-state index contributed by atoms with van der Waals surface area (Å²) in [6.45, 7) is 1.23. The summed E-state index contributed by atoms with van der Waals surface area (Å²) in [7, 11) is 1.26. The zero-order valence-corrected chi connectivity index (χ0v) is 9.98. The zero-order chi connectivity index (χ0) is 13.0. The van der Waals surface area contributed by atoms with Crippen LogP contribution in [0.3, 0.4) is 0 Å². The Morgan fingerprint density at radius 2 is 2.17 bits per heavy atom. The van der Waals surface area contributed by atoms with Crippen LogP contribution in [0.1, 0.15) is 18.9 Å². The van der Waals surface area contributed by atoms with Crippen molar-refractivity contribution in [3.8, 4) is 0 Å². The van der Waals surface area contributed by atoms with E-state index in [9.17, 15) is 9.59 Å². The Morgan fingerprint density at radius 3 is 2.83 bits per heavy atom. The minimum Gasteiger partial charge on any atom is -0.466 e. The topological polar surface area (TPSA) is 88.2 Å². The number of aromatic nitrogens is 4. The Kier molecular flexibility index (Phi) is 3.88. The van der Waals surface area contributed by atoms with Gasteiger partial charge in [0.2, 0.25) is 0 Å². The number of hydrogen-bond acceptors (Lipinski definition) is 6. The minimum atomic E-state index is -0.553. The van der Waals surface area contributed by atoms with E-state index >= 15 is 0 Å². The number of hydrogen-bond donors (Lipinski definition) is 0.